The molecule has 1 heterocycles. The molecule has 1 amide bonds. The van der Waals surface area contributed by atoms with Gasteiger partial charge in [0, 0.05) is 31.4 Å². The number of carbonyl (C=O) groups is 1. The first kappa shape index (κ1) is 13.3. The number of nitrogens with one attached hydrogen (secondary N) is 1. The van der Waals surface area contributed by atoms with Crippen LogP contribution in [0.2, 0.25) is 0 Å². The third kappa shape index (κ3) is 3.40. The Balaban J connectivity index is 1.93. The van der Waals surface area contributed by atoms with E-state index in [0.29, 0.717) is 6.42 Å². The highest BCUT2D eigenvalue weighted by atomic mass is 19.1. The lowest BCUT2D eigenvalue weighted by Crippen LogP contribution is -2.14. The summed E-state index contributed by atoms with van der Waals surface area (Å²) in [4.78, 5) is 11.7. The number of hydrogen-bond acceptors (Lipinski definition) is 1. The number of hydrogen-bond donors (Lipinski definition) is 1. The molecule has 0 atom stereocenters. The molecule has 0 aliphatic heterocycles. The summed E-state index contributed by atoms with van der Waals surface area (Å²) in [6.45, 7) is 0. The van der Waals surface area contributed by atoms with Crippen molar-refractivity contribution in [3.05, 3.63) is 53.9 Å². The zero-order valence-corrected chi connectivity index (χ0v) is 10.5. The van der Waals surface area contributed by atoms with E-state index < -0.39 is 11.6 Å². The predicted octanol–water partition coefficient (Wildman–Crippen LogP) is 2.87. The maximum Gasteiger partial charge on any atom is 0.224 e. The Hall–Kier alpha value is -2.17. The number of aryl methyl sites for hydroxylation is 2. The van der Waals surface area contributed by atoms with E-state index >= 15 is 0 Å². The Morgan fingerprint density at radius 1 is 1.32 bits per heavy atom. The Morgan fingerprint density at radius 2 is 2.11 bits per heavy atom. The van der Waals surface area contributed by atoms with Crippen molar-refractivity contribution in [3.8, 4) is 0 Å². The van der Waals surface area contributed by atoms with E-state index in [4.69, 9.17) is 0 Å². The van der Waals surface area contributed by atoms with Gasteiger partial charge in [-0.25, -0.2) is 8.78 Å². The fraction of sp³-hybridized carbons (Fsp3) is 0.214. The summed E-state index contributed by atoms with van der Waals surface area (Å²) < 4.78 is 28.0. The second-order valence-corrected chi connectivity index (χ2v) is 4.28. The van der Waals surface area contributed by atoms with Crippen LogP contribution < -0.4 is 5.32 Å². The number of anilines is 1. The summed E-state index contributed by atoms with van der Waals surface area (Å²) in [5, 5.41) is 2.43. The highest BCUT2D eigenvalue weighted by Crippen LogP contribution is 2.15. The third-order valence-corrected chi connectivity index (χ3v) is 2.86. The average molecular weight is 264 g/mol. The first-order valence-corrected chi connectivity index (χ1v) is 5.91. The monoisotopic (exact) mass is 264 g/mol. The standard InChI is InChI=1S/C14H14F2N2O/c1-18-8-2-3-11(18)5-7-14(19)17-13-6-4-10(15)9-12(13)16/h2-4,6,8-9H,5,7H2,1H3,(H,17,19). The van der Waals surface area contributed by atoms with E-state index in [1.54, 1.807) is 0 Å². The van der Waals surface area contributed by atoms with Crippen molar-refractivity contribution < 1.29 is 13.6 Å². The number of carbonyl (C=O) groups excluding carboxylic acids is 1. The molecule has 0 unspecified atom stereocenters. The topological polar surface area (TPSA) is 34.0 Å². The van der Waals surface area contributed by atoms with Gasteiger partial charge >= 0.3 is 0 Å². The summed E-state index contributed by atoms with van der Waals surface area (Å²) in [7, 11) is 1.90. The fourth-order valence-corrected chi connectivity index (χ4v) is 1.80. The minimum absolute atomic E-state index is 0.00159. The predicted molar refractivity (Wildman–Crippen MR) is 68.7 cm³/mol. The van der Waals surface area contributed by atoms with Crippen molar-refractivity contribution in [2.75, 3.05) is 5.32 Å². The minimum Gasteiger partial charge on any atom is -0.354 e. The van der Waals surface area contributed by atoms with E-state index in [1.807, 2.05) is 29.9 Å². The Kier molecular flexibility index (Phi) is 3.94. The second kappa shape index (κ2) is 5.65. The van der Waals surface area contributed by atoms with Gasteiger partial charge < -0.3 is 9.88 Å². The number of amides is 1. The number of nitrogens with zero attached hydrogens (tertiary/aromatic N) is 1. The molecule has 19 heavy (non-hydrogen) atoms. The molecule has 0 fully saturated rings. The van der Waals surface area contributed by atoms with Crippen LogP contribution in [0.5, 0.6) is 0 Å². The average Bonchev–Trinajstić information content (AvgIpc) is 2.76. The normalized spacial score (nSPS) is 10.5. The summed E-state index contributed by atoms with van der Waals surface area (Å²) in [6, 6.07) is 6.88. The van der Waals surface area contributed by atoms with Crippen LogP contribution in [0.3, 0.4) is 0 Å². The number of rotatable bonds is 4. The highest BCUT2D eigenvalue weighted by molar-refractivity contribution is 5.90. The van der Waals surface area contributed by atoms with Crippen LogP contribution in [0.4, 0.5) is 14.5 Å². The summed E-state index contributed by atoms with van der Waals surface area (Å²) in [5.74, 6) is -1.74. The van der Waals surface area contributed by atoms with Crippen LogP contribution in [0.15, 0.2) is 36.5 Å². The molecule has 100 valence electrons. The van der Waals surface area contributed by atoms with Crippen LogP contribution in [-0.4, -0.2) is 10.5 Å². The highest BCUT2D eigenvalue weighted by Gasteiger charge is 2.08. The molecule has 0 bridgehead atoms. The SMILES string of the molecule is Cn1cccc1CCC(=O)Nc1ccc(F)cc1F. The van der Waals surface area contributed by atoms with Gasteiger partial charge in [-0.05, 0) is 30.7 Å². The van der Waals surface area contributed by atoms with Gasteiger partial charge in [-0.3, -0.25) is 4.79 Å². The molecule has 3 nitrogen and oxygen atoms in total. The summed E-state index contributed by atoms with van der Waals surface area (Å²) >= 11 is 0. The Morgan fingerprint density at radius 3 is 2.74 bits per heavy atom. The van der Waals surface area contributed by atoms with E-state index in [2.05, 4.69) is 5.32 Å². The second-order valence-electron chi connectivity index (χ2n) is 4.28. The molecule has 2 aromatic rings. The maximum absolute atomic E-state index is 13.3. The van der Waals surface area contributed by atoms with Gasteiger partial charge in [0.1, 0.15) is 11.6 Å². The smallest absolute Gasteiger partial charge is 0.224 e. The van der Waals surface area contributed by atoms with Crippen LogP contribution in [0.1, 0.15) is 12.1 Å². The van der Waals surface area contributed by atoms with Gasteiger partial charge in [-0.1, -0.05) is 0 Å². The molecule has 0 aliphatic rings. The first-order valence-electron chi connectivity index (χ1n) is 5.91. The van der Waals surface area contributed by atoms with Crippen molar-refractivity contribution in [1.29, 1.82) is 0 Å². The molecule has 1 aromatic heterocycles. The lowest BCUT2D eigenvalue weighted by atomic mass is 10.2. The Bertz CT molecular complexity index is 593. The van der Waals surface area contributed by atoms with Gasteiger partial charge in [0.2, 0.25) is 5.91 Å². The molecule has 5 heteroatoms. The van der Waals surface area contributed by atoms with Gasteiger partial charge in [-0.2, -0.15) is 0 Å². The van der Waals surface area contributed by atoms with Crippen molar-refractivity contribution in [2.45, 2.75) is 12.8 Å². The van der Waals surface area contributed by atoms with Gasteiger partial charge in [0.15, 0.2) is 0 Å². The van der Waals surface area contributed by atoms with E-state index in [0.717, 1.165) is 17.8 Å². The van der Waals surface area contributed by atoms with E-state index in [1.165, 1.54) is 6.07 Å². The third-order valence-electron chi connectivity index (χ3n) is 2.86. The minimum atomic E-state index is -0.771. The molecule has 2 rings (SSSR count). The number of halogens is 2. The van der Waals surface area contributed by atoms with Crippen molar-refractivity contribution in [3.63, 3.8) is 0 Å². The number of benzene rings is 1. The van der Waals surface area contributed by atoms with E-state index in [-0.39, 0.29) is 18.0 Å². The molecule has 0 radical (unpaired) electrons. The van der Waals surface area contributed by atoms with Crippen molar-refractivity contribution in [2.24, 2.45) is 7.05 Å². The van der Waals surface area contributed by atoms with Crippen LogP contribution in [-0.2, 0) is 18.3 Å². The molecule has 1 aromatic carbocycles. The van der Waals surface area contributed by atoms with Gasteiger partial charge in [-0.15, -0.1) is 0 Å². The molecular weight excluding hydrogens is 250 g/mol. The zero-order valence-electron chi connectivity index (χ0n) is 10.5. The van der Waals surface area contributed by atoms with Gasteiger partial charge in [0.25, 0.3) is 0 Å². The molecule has 0 spiro atoms. The zero-order chi connectivity index (χ0) is 13.8. The maximum atomic E-state index is 13.3. The molecule has 0 saturated heterocycles. The lowest BCUT2D eigenvalue weighted by Gasteiger charge is -2.07. The molecule has 0 saturated carbocycles. The van der Waals surface area contributed by atoms with Gasteiger partial charge in [0.05, 0.1) is 5.69 Å². The van der Waals surface area contributed by atoms with E-state index in [9.17, 15) is 13.6 Å². The Labute approximate surface area is 109 Å². The van der Waals surface area contributed by atoms with Crippen LogP contribution in [0.25, 0.3) is 0 Å². The quantitative estimate of drug-likeness (QED) is 0.905. The first-order chi connectivity index (χ1) is 9.06. The van der Waals surface area contributed by atoms with Crippen LogP contribution >= 0.6 is 0 Å². The molecule has 1 N–H and O–H groups in total. The molecule has 0 aliphatic carbocycles. The molecular formula is C14H14F2N2O. The number of aromatic nitrogens is 1. The summed E-state index contributed by atoms with van der Waals surface area (Å²) in [5.41, 5.74) is 1.02. The fourth-order valence-electron chi connectivity index (χ4n) is 1.80. The van der Waals surface area contributed by atoms with Crippen molar-refractivity contribution >= 4 is 11.6 Å². The van der Waals surface area contributed by atoms with Crippen molar-refractivity contribution in [1.82, 2.24) is 4.57 Å². The summed E-state index contributed by atoms with van der Waals surface area (Å²) in [6.07, 6.45) is 2.71. The largest absolute Gasteiger partial charge is 0.354 e. The lowest BCUT2D eigenvalue weighted by molar-refractivity contribution is -0.116. The van der Waals surface area contributed by atoms with Crippen LogP contribution in [0, 0.1) is 11.6 Å².